The van der Waals surface area contributed by atoms with Crippen molar-refractivity contribution in [3.63, 3.8) is 0 Å². The van der Waals surface area contributed by atoms with Gasteiger partial charge >= 0.3 is 0 Å². The molecule has 2 nitrogen and oxygen atoms in total. The van der Waals surface area contributed by atoms with Crippen molar-refractivity contribution in [2.24, 2.45) is 5.92 Å². The summed E-state index contributed by atoms with van der Waals surface area (Å²) in [5.41, 5.74) is 0.369. The minimum absolute atomic E-state index is 0.369. The molecule has 0 saturated carbocycles. The third-order valence-corrected chi connectivity index (χ3v) is 3.37. The van der Waals surface area contributed by atoms with E-state index in [0.29, 0.717) is 5.54 Å². The maximum atomic E-state index is 3.24. The zero-order valence-corrected chi connectivity index (χ0v) is 10.3. The van der Waals surface area contributed by atoms with Gasteiger partial charge in [-0.3, -0.25) is 4.90 Å². The fourth-order valence-electron chi connectivity index (χ4n) is 2.24. The van der Waals surface area contributed by atoms with Crippen LogP contribution in [0.5, 0.6) is 0 Å². The summed E-state index contributed by atoms with van der Waals surface area (Å²) in [6, 6.07) is 0. The van der Waals surface area contributed by atoms with Crippen molar-refractivity contribution in [1.82, 2.24) is 10.2 Å². The molecule has 14 heavy (non-hydrogen) atoms. The molecule has 0 unspecified atom stereocenters. The van der Waals surface area contributed by atoms with E-state index >= 15 is 0 Å². The quantitative estimate of drug-likeness (QED) is 0.747. The topological polar surface area (TPSA) is 15.3 Å². The smallest absolute Gasteiger partial charge is 0.0125 e. The molecule has 1 aliphatic heterocycles. The van der Waals surface area contributed by atoms with Crippen LogP contribution < -0.4 is 5.32 Å². The van der Waals surface area contributed by atoms with Crippen LogP contribution >= 0.6 is 0 Å². The first-order valence-corrected chi connectivity index (χ1v) is 5.93. The lowest BCUT2D eigenvalue weighted by Gasteiger charge is -2.41. The molecule has 1 saturated heterocycles. The molecule has 0 atom stereocenters. The minimum Gasteiger partial charge on any atom is -0.320 e. The average Bonchev–Trinajstić information content (AvgIpc) is 2.14. The maximum Gasteiger partial charge on any atom is 0.0125 e. The Morgan fingerprint density at radius 3 is 2.21 bits per heavy atom. The van der Waals surface area contributed by atoms with Gasteiger partial charge in [-0.05, 0) is 72.6 Å². The molecule has 2 heteroatoms. The van der Waals surface area contributed by atoms with Crippen molar-refractivity contribution in [2.75, 3.05) is 26.7 Å². The molecule has 84 valence electrons. The highest BCUT2D eigenvalue weighted by Gasteiger charge is 2.26. The van der Waals surface area contributed by atoms with E-state index < -0.39 is 0 Å². The molecule has 1 heterocycles. The summed E-state index contributed by atoms with van der Waals surface area (Å²) in [6.45, 7) is 10.7. The molecule has 1 N–H and O–H groups in total. The summed E-state index contributed by atoms with van der Waals surface area (Å²) in [6.07, 6.45) is 4.13. The molecule has 0 radical (unpaired) electrons. The van der Waals surface area contributed by atoms with E-state index in [1.165, 1.54) is 38.9 Å². The van der Waals surface area contributed by atoms with Crippen LogP contribution in [0.1, 0.15) is 40.0 Å². The number of nitrogens with zero attached hydrogens (tertiary/aromatic N) is 1. The Balaban J connectivity index is 2.24. The molecular formula is C12H26N2. The fraction of sp³-hybridized carbons (Fsp3) is 1.00. The minimum atomic E-state index is 0.369. The fourth-order valence-corrected chi connectivity index (χ4v) is 2.24. The van der Waals surface area contributed by atoms with Gasteiger partial charge in [0, 0.05) is 5.54 Å². The molecule has 0 aromatic rings. The summed E-state index contributed by atoms with van der Waals surface area (Å²) in [5, 5.41) is 3.24. The molecule has 1 aliphatic rings. The van der Waals surface area contributed by atoms with E-state index in [-0.39, 0.29) is 0 Å². The molecule has 0 bridgehead atoms. The second-order valence-corrected chi connectivity index (χ2v) is 5.49. The van der Waals surface area contributed by atoms with Crippen LogP contribution in [0.15, 0.2) is 0 Å². The Morgan fingerprint density at radius 2 is 1.79 bits per heavy atom. The predicted octanol–water partition coefficient (Wildman–Crippen LogP) is 2.11. The first-order chi connectivity index (χ1) is 6.54. The Hall–Kier alpha value is -0.0800. The van der Waals surface area contributed by atoms with Crippen LogP contribution in [-0.4, -0.2) is 37.1 Å². The Labute approximate surface area is 89.1 Å². The van der Waals surface area contributed by atoms with Gasteiger partial charge in [-0.15, -0.1) is 0 Å². The lowest BCUT2D eigenvalue weighted by molar-refractivity contribution is 0.0855. The van der Waals surface area contributed by atoms with E-state index in [1.807, 2.05) is 7.05 Å². The molecular weight excluding hydrogens is 172 g/mol. The summed E-state index contributed by atoms with van der Waals surface area (Å²) in [5.74, 6) is 0.959. The van der Waals surface area contributed by atoms with Crippen molar-refractivity contribution in [1.29, 1.82) is 0 Å². The SMILES string of the molecule is CNCCC1CCN(C(C)(C)C)CC1. The highest BCUT2D eigenvalue weighted by Crippen LogP contribution is 2.25. The van der Waals surface area contributed by atoms with Crippen LogP contribution in [-0.2, 0) is 0 Å². The lowest BCUT2D eigenvalue weighted by Crippen LogP contribution is -2.46. The van der Waals surface area contributed by atoms with Crippen molar-refractivity contribution < 1.29 is 0 Å². The van der Waals surface area contributed by atoms with Crippen LogP contribution in [0.4, 0.5) is 0 Å². The van der Waals surface area contributed by atoms with E-state index in [9.17, 15) is 0 Å². The Kier molecular flexibility index (Phi) is 4.39. The van der Waals surface area contributed by atoms with Gasteiger partial charge in [0.25, 0.3) is 0 Å². The third kappa shape index (κ3) is 3.58. The lowest BCUT2D eigenvalue weighted by atomic mass is 9.91. The Bertz CT molecular complexity index is 152. The number of piperidine rings is 1. The number of nitrogens with one attached hydrogen (secondary N) is 1. The zero-order chi connectivity index (χ0) is 10.6. The number of hydrogen-bond donors (Lipinski definition) is 1. The second kappa shape index (κ2) is 5.13. The van der Waals surface area contributed by atoms with E-state index in [4.69, 9.17) is 0 Å². The van der Waals surface area contributed by atoms with Gasteiger partial charge in [-0.2, -0.15) is 0 Å². The van der Waals surface area contributed by atoms with Gasteiger partial charge in [0.05, 0.1) is 0 Å². The largest absolute Gasteiger partial charge is 0.320 e. The first kappa shape index (κ1) is 12.0. The number of hydrogen-bond acceptors (Lipinski definition) is 2. The number of rotatable bonds is 3. The predicted molar refractivity (Wildman–Crippen MR) is 62.6 cm³/mol. The van der Waals surface area contributed by atoms with E-state index in [0.717, 1.165) is 5.92 Å². The van der Waals surface area contributed by atoms with E-state index in [1.54, 1.807) is 0 Å². The summed E-state index contributed by atoms with van der Waals surface area (Å²) in [4.78, 5) is 2.61. The van der Waals surface area contributed by atoms with Gasteiger partial charge < -0.3 is 5.32 Å². The average molecular weight is 198 g/mol. The van der Waals surface area contributed by atoms with Gasteiger partial charge in [-0.25, -0.2) is 0 Å². The van der Waals surface area contributed by atoms with Crippen molar-refractivity contribution >= 4 is 0 Å². The molecule has 0 aliphatic carbocycles. The summed E-state index contributed by atoms with van der Waals surface area (Å²) < 4.78 is 0. The van der Waals surface area contributed by atoms with Gasteiger partial charge in [0.2, 0.25) is 0 Å². The Morgan fingerprint density at radius 1 is 1.21 bits per heavy atom. The van der Waals surface area contributed by atoms with Gasteiger partial charge in [-0.1, -0.05) is 0 Å². The summed E-state index contributed by atoms with van der Waals surface area (Å²) >= 11 is 0. The normalized spacial score (nSPS) is 21.4. The van der Waals surface area contributed by atoms with Gasteiger partial charge in [0.1, 0.15) is 0 Å². The van der Waals surface area contributed by atoms with Gasteiger partial charge in [0.15, 0.2) is 0 Å². The highest BCUT2D eigenvalue weighted by molar-refractivity contribution is 4.81. The number of likely N-dealkylation sites (tertiary alicyclic amines) is 1. The molecule has 0 amide bonds. The molecule has 0 aromatic heterocycles. The van der Waals surface area contributed by atoms with Crippen LogP contribution in [0.2, 0.25) is 0 Å². The molecule has 0 aromatic carbocycles. The monoisotopic (exact) mass is 198 g/mol. The van der Waals surface area contributed by atoms with Crippen LogP contribution in [0, 0.1) is 5.92 Å². The van der Waals surface area contributed by atoms with Crippen LogP contribution in [0.3, 0.4) is 0 Å². The molecule has 1 fully saturated rings. The van der Waals surface area contributed by atoms with Crippen molar-refractivity contribution in [3.8, 4) is 0 Å². The first-order valence-electron chi connectivity index (χ1n) is 5.93. The standard InChI is InChI=1S/C12H26N2/c1-12(2,3)14-9-6-11(7-10-14)5-8-13-4/h11,13H,5-10H2,1-4H3. The third-order valence-electron chi connectivity index (χ3n) is 3.37. The molecule has 0 spiro atoms. The van der Waals surface area contributed by atoms with E-state index in [2.05, 4.69) is 31.0 Å². The maximum absolute atomic E-state index is 3.24. The van der Waals surface area contributed by atoms with Crippen molar-refractivity contribution in [3.05, 3.63) is 0 Å². The molecule has 1 rings (SSSR count). The highest BCUT2D eigenvalue weighted by atomic mass is 15.2. The van der Waals surface area contributed by atoms with Crippen molar-refractivity contribution in [2.45, 2.75) is 45.6 Å². The second-order valence-electron chi connectivity index (χ2n) is 5.49. The van der Waals surface area contributed by atoms with Crippen LogP contribution in [0.25, 0.3) is 0 Å². The zero-order valence-electron chi connectivity index (χ0n) is 10.3. The summed E-state index contributed by atoms with van der Waals surface area (Å²) in [7, 11) is 2.05.